The van der Waals surface area contributed by atoms with Gasteiger partial charge in [0.05, 0.1) is 11.8 Å². The van der Waals surface area contributed by atoms with E-state index >= 15 is 0 Å². The van der Waals surface area contributed by atoms with E-state index < -0.39 is 0 Å². The van der Waals surface area contributed by atoms with E-state index in [-0.39, 0.29) is 0 Å². The van der Waals surface area contributed by atoms with Crippen LogP contribution in [0, 0.1) is 25.0 Å². The third-order valence-electron chi connectivity index (χ3n) is 1.98. The number of hydrogen-bond acceptors (Lipinski definition) is 1. The van der Waals surface area contributed by atoms with Gasteiger partial charge in [-0.2, -0.15) is 11.8 Å². The van der Waals surface area contributed by atoms with Crippen molar-refractivity contribution in [1.82, 2.24) is 0 Å². The van der Waals surface area contributed by atoms with E-state index in [0.717, 1.165) is 11.5 Å². The average Bonchev–Trinajstić information content (AvgIpc) is 2.39. The number of thioether (sulfide) groups is 1. The molecule has 1 saturated heterocycles. The van der Waals surface area contributed by atoms with Crippen molar-refractivity contribution >= 4 is 11.8 Å². The third kappa shape index (κ3) is 2.13. The Bertz CT molecular complexity index is 179. The molecule has 1 aliphatic rings. The van der Waals surface area contributed by atoms with E-state index in [9.17, 15) is 0 Å². The summed E-state index contributed by atoms with van der Waals surface area (Å²) in [6.07, 6.45) is 0. The van der Waals surface area contributed by atoms with Crippen LogP contribution in [0.3, 0.4) is 0 Å². The summed E-state index contributed by atoms with van der Waals surface area (Å²) in [4.78, 5) is 6.77. The summed E-state index contributed by atoms with van der Waals surface area (Å²) in [5.41, 5.74) is 0. The van der Waals surface area contributed by atoms with Crippen molar-refractivity contribution < 1.29 is 0 Å². The molecule has 0 radical (unpaired) electrons. The molecule has 0 aliphatic carbocycles. The van der Waals surface area contributed by atoms with Gasteiger partial charge < -0.3 is 9.69 Å². The first-order valence-electron chi connectivity index (χ1n) is 3.62. The van der Waals surface area contributed by atoms with E-state index in [0.29, 0.717) is 24.9 Å². The molecule has 1 fully saturated rings. The largest absolute Gasteiger partial charge is 0.317 e. The molecular formula is C8H10N2S. The lowest BCUT2D eigenvalue weighted by Gasteiger charge is -2.05. The molecule has 1 aliphatic heterocycles. The van der Waals surface area contributed by atoms with E-state index in [1.807, 2.05) is 11.8 Å². The van der Waals surface area contributed by atoms with Crippen LogP contribution in [0.25, 0.3) is 9.69 Å². The van der Waals surface area contributed by atoms with Crippen molar-refractivity contribution in [1.29, 1.82) is 0 Å². The van der Waals surface area contributed by atoms with Crippen LogP contribution < -0.4 is 0 Å². The molecular weight excluding hydrogens is 156 g/mol. The van der Waals surface area contributed by atoms with Crippen molar-refractivity contribution in [3.05, 3.63) is 22.8 Å². The fraction of sp³-hybridized carbons (Fsp3) is 0.750. The van der Waals surface area contributed by atoms with Crippen LogP contribution >= 0.6 is 11.8 Å². The van der Waals surface area contributed by atoms with Crippen LogP contribution in [0.2, 0.25) is 0 Å². The van der Waals surface area contributed by atoms with Gasteiger partial charge >= 0.3 is 0 Å². The minimum atomic E-state index is 0.492. The van der Waals surface area contributed by atoms with Gasteiger partial charge in [0.1, 0.15) is 0 Å². The van der Waals surface area contributed by atoms with E-state index in [4.69, 9.17) is 13.1 Å². The minimum absolute atomic E-state index is 0.492. The smallest absolute Gasteiger partial charge is 0.218 e. The van der Waals surface area contributed by atoms with Gasteiger partial charge in [-0.3, -0.25) is 0 Å². The zero-order valence-electron chi connectivity index (χ0n) is 6.29. The standard InChI is InChI=1S/C8H10N2S/c1-9-3-7-5-11-6-8(7)4-10-2/h7-8H,3-6H2. The Balaban J connectivity index is 2.40. The molecule has 0 aromatic rings. The average molecular weight is 166 g/mol. The first-order valence-corrected chi connectivity index (χ1v) is 4.78. The first kappa shape index (κ1) is 8.43. The maximum Gasteiger partial charge on any atom is 0.218 e. The zero-order chi connectivity index (χ0) is 8.10. The van der Waals surface area contributed by atoms with Crippen molar-refractivity contribution in [2.24, 2.45) is 11.8 Å². The zero-order valence-corrected chi connectivity index (χ0v) is 7.10. The number of nitrogens with zero attached hydrogens (tertiary/aromatic N) is 2. The Morgan fingerprint density at radius 1 is 1.09 bits per heavy atom. The van der Waals surface area contributed by atoms with Crippen molar-refractivity contribution in [3.8, 4) is 0 Å². The molecule has 3 heteroatoms. The van der Waals surface area contributed by atoms with Crippen molar-refractivity contribution in [2.45, 2.75) is 0 Å². The van der Waals surface area contributed by atoms with Gasteiger partial charge in [-0.05, 0) is 0 Å². The Labute approximate surface area is 71.6 Å². The molecule has 2 unspecified atom stereocenters. The first-order chi connectivity index (χ1) is 5.38. The molecule has 58 valence electrons. The van der Waals surface area contributed by atoms with Gasteiger partial charge in [0, 0.05) is 11.5 Å². The Morgan fingerprint density at radius 2 is 1.55 bits per heavy atom. The fourth-order valence-electron chi connectivity index (χ4n) is 1.28. The van der Waals surface area contributed by atoms with E-state index in [2.05, 4.69) is 9.69 Å². The summed E-state index contributed by atoms with van der Waals surface area (Å²) >= 11 is 1.88. The highest BCUT2D eigenvalue weighted by atomic mass is 32.2. The molecule has 1 rings (SSSR count). The van der Waals surface area contributed by atoms with Gasteiger partial charge in [-0.15, -0.1) is 0 Å². The highest BCUT2D eigenvalue weighted by molar-refractivity contribution is 7.99. The molecule has 0 aromatic heterocycles. The Hall–Kier alpha value is -0.670. The summed E-state index contributed by atoms with van der Waals surface area (Å²) < 4.78 is 0. The van der Waals surface area contributed by atoms with Crippen LogP contribution in [0.1, 0.15) is 0 Å². The normalized spacial score (nSPS) is 29.3. The second-order valence-corrected chi connectivity index (χ2v) is 3.81. The minimum Gasteiger partial charge on any atom is -0.317 e. The summed E-state index contributed by atoms with van der Waals surface area (Å²) in [7, 11) is 0. The lowest BCUT2D eigenvalue weighted by molar-refractivity contribution is 0.474. The molecule has 0 saturated carbocycles. The third-order valence-corrected chi connectivity index (χ3v) is 3.31. The maximum atomic E-state index is 6.73. The predicted octanol–water partition coefficient (Wildman–Crippen LogP) is 1.80. The topological polar surface area (TPSA) is 8.72 Å². The van der Waals surface area contributed by atoms with Crippen molar-refractivity contribution in [3.63, 3.8) is 0 Å². The van der Waals surface area contributed by atoms with E-state index in [1.54, 1.807) is 0 Å². The second-order valence-electron chi connectivity index (χ2n) is 2.74. The van der Waals surface area contributed by atoms with Gasteiger partial charge in [0.15, 0.2) is 0 Å². The fourth-order valence-corrected chi connectivity index (χ4v) is 2.78. The van der Waals surface area contributed by atoms with Gasteiger partial charge in [-0.25, -0.2) is 13.1 Å². The molecule has 11 heavy (non-hydrogen) atoms. The molecule has 1 heterocycles. The molecule has 0 aromatic carbocycles. The summed E-state index contributed by atoms with van der Waals surface area (Å²) in [6.45, 7) is 14.7. The number of hydrogen-bond donors (Lipinski definition) is 0. The second kappa shape index (κ2) is 4.26. The SMILES string of the molecule is [C-]#[N+]CC1CSCC1C[N+]#[C-]. The van der Waals surface area contributed by atoms with Crippen LogP contribution in [0.5, 0.6) is 0 Å². The van der Waals surface area contributed by atoms with Gasteiger partial charge in [-0.1, -0.05) is 0 Å². The lowest BCUT2D eigenvalue weighted by atomic mass is 9.96. The van der Waals surface area contributed by atoms with Gasteiger partial charge in [0.2, 0.25) is 13.1 Å². The Morgan fingerprint density at radius 3 is 1.91 bits per heavy atom. The van der Waals surface area contributed by atoms with E-state index in [1.165, 1.54) is 0 Å². The molecule has 0 bridgehead atoms. The summed E-state index contributed by atoms with van der Waals surface area (Å²) in [5.74, 6) is 3.16. The summed E-state index contributed by atoms with van der Waals surface area (Å²) in [6, 6.07) is 0. The number of rotatable bonds is 2. The van der Waals surface area contributed by atoms with Crippen LogP contribution in [-0.2, 0) is 0 Å². The predicted molar refractivity (Wildman–Crippen MR) is 47.2 cm³/mol. The lowest BCUT2D eigenvalue weighted by Crippen LogP contribution is -2.16. The highest BCUT2D eigenvalue weighted by Crippen LogP contribution is 2.30. The monoisotopic (exact) mass is 166 g/mol. The van der Waals surface area contributed by atoms with Gasteiger partial charge in [0.25, 0.3) is 0 Å². The maximum absolute atomic E-state index is 6.73. The molecule has 2 atom stereocenters. The Kier molecular flexibility index (Phi) is 3.26. The van der Waals surface area contributed by atoms with Crippen LogP contribution in [-0.4, -0.2) is 24.6 Å². The van der Waals surface area contributed by atoms with Crippen LogP contribution in [0.15, 0.2) is 0 Å². The molecule has 0 spiro atoms. The van der Waals surface area contributed by atoms with Crippen LogP contribution in [0.4, 0.5) is 0 Å². The molecule has 0 amide bonds. The molecule has 2 nitrogen and oxygen atoms in total. The molecule has 0 N–H and O–H groups in total. The highest BCUT2D eigenvalue weighted by Gasteiger charge is 2.31. The summed E-state index contributed by atoms with van der Waals surface area (Å²) in [5, 5.41) is 0. The van der Waals surface area contributed by atoms with Crippen molar-refractivity contribution in [2.75, 3.05) is 24.6 Å². The quantitative estimate of drug-likeness (QED) is 0.568.